The fraction of sp³-hybridized carbons (Fsp3) is 0.500. The Balaban J connectivity index is 3.03. The fourth-order valence-corrected chi connectivity index (χ4v) is 2.04. The maximum atomic E-state index is 12.6. The van der Waals surface area contributed by atoms with E-state index in [1.165, 1.54) is 4.90 Å². The average Bonchev–Trinajstić information content (AvgIpc) is 2.35. The minimum Gasteiger partial charge on any atom is -0.465 e. The number of ether oxygens (including phenoxy) is 1. The summed E-state index contributed by atoms with van der Waals surface area (Å²) in [4.78, 5) is 29.8. The van der Waals surface area contributed by atoms with Crippen LogP contribution in [0.4, 0.5) is 0 Å². The number of hydrogen-bond donors (Lipinski definition) is 0. The standard InChI is InChI=1S/C14H19BrN2O3/c1-5-20-11(18)9-17(14(2,3)4)13(19)12-10(15)7-6-8-16-12/h6-8H,5,9H2,1-4H3. The number of amides is 1. The lowest BCUT2D eigenvalue weighted by Gasteiger charge is -2.34. The average molecular weight is 343 g/mol. The molecule has 0 N–H and O–H groups in total. The van der Waals surface area contributed by atoms with Gasteiger partial charge in [-0.2, -0.15) is 0 Å². The largest absolute Gasteiger partial charge is 0.465 e. The van der Waals surface area contributed by atoms with E-state index < -0.39 is 11.5 Å². The highest BCUT2D eigenvalue weighted by atomic mass is 79.9. The molecule has 1 aromatic rings. The Labute approximate surface area is 127 Å². The van der Waals surface area contributed by atoms with Gasteiger partial charge in [-0.1, -0.05) is 0 Å². The van der Waals surface area contributed by atoms with Crippen molar-refractivity contribution in [2.45, 2.75) is 33.2 Å². The van der Waals surface area contributed by atoms with Gasteiger partial charge in [-0.15, -0.1) is 0 Å². The monoisotopic (exact) mass is 342 g/mol. The topological polar surface area (TPSA) is 59.5 Å². The molecule has 1 amide bonds. The normalized spacial score (nSPS) is 11.1. The molecule has 0 saturated heterocycles. The van der Waals surface area contributed by atoms with Crippen LogP contribution in [0.3, 0.4) is 0 Å². The van der Waals surface area contributed by atoms with Crippen molar-refractivity contribution >= 4 is 27.8 Å². The van der Waals surface area contributed by atoms with Crippen molar-refractivity contribution in [1.82, 2.24) is 9.88 Å². The first-order valence-corrected chi connectivity index (χ1v) is 7.14. The highest BCUT2D eigenvalue weighted by Crippen LogP contribution is 2.21. The molecule has 0 radical (unpaired) electrons. The quantitative estimate of drug-likeness (QED) is 0.789. The molecule has 20 heavy (non-hydrogen) atoms. The van der Waals surface area contributed by atoms with E-state index in [0.717, 1.165) is 0 Å². The Kier molecular flexibility index (Phi) is 5.68. The minimum absolute atomic E-state index is 0.0980. The number of rotatable bonds is 4. The number of nitrogens with zero attached hydrogens (tertiary/aromatic N) is 2. The van der Waals surface area contributed by atoms with Gasteiger partial charge in [0.15, 0.2) is 0 Å². The van der Waals surface area contributed by atoms with Crippen LogP contribution in [-0.2, 0) is 9.53 Å². The van der Waals surface area contributed by atoms with Gasteiger partial charge in [-0.05, 0) is 55.8 Å². The van der Waals surface area contributed by atoms with Gasteiger partial charge in [0.05, 0.1) is 6.61 Å². The predicted molar refractivity (Wildman–Crippen MR) is 79.4 cm³/mol. The summed E-state index contributed by atoms with van der Waals surface area (Å²) in [6.45, 7) is 7.51. The Hall–Kier alpha value is -1.43. The van der Waals surface area contributed by atoms with Crippen LogP contribution < -0.4 is 0 Å². The summed E-state index contributed by atoms with van der Waals surface area (Å²) in [7, 11) is 0. The molecule has 1 aromatic heterocycles. The molecule has 110 valence electrons. The van der Waals surface area contributed by atoms with Crippen molar-refractivity contribution in [3.8, 4) is 0 Å². The van der Waals surface area contributed by atoms with E-state index in [1.54, 1.807) is 25.3 Å². The number of hydrogen-bond acceptors (Lipinski definition) is 4. The number of esters is 1. The lowest BCUT2D eigenvalue weighted by Crippen LogP contribution is -2.49. The van der Waals surface area contributed by atoms with Crippen LogP contribution in [-0.4, -0.2) is 40.5 Å². The van der Waals surface area contributed by atoms with Crippen LogP contribution in [0.5, 0.6) is 0 Å². The zero-order chi connectivity index (χ0) is 15.3. The van der Waals surface area contributed by atoms with E-state index in [2.05, 4.69) is 20.9 Å². The second-order valence-corrected chi connectivity index (χ2v) is 6.06. The van der Waals surface area contributed by atoms with Gasteiger partial charge in [0.2, 0.25) is 0 Å². The van der Waals surface area contributed by atoms with E-state index in [0.29, 0.717) is 4.47 Å². The molecule has 0 saturated carbocycles. The second-order valence-electron chi connectivity index (χ2n) is 5.20. The highest BCUT2D eigenvalue weighted by Gasteiger charge is 2.31. The highest BCUT2D eigenvalue weighted by molar-refractivity contribution is 9.10. The van der Waals surface area contributed by atoms with Gasteiger partial charge >= 0.3 is 5.97 Å². The Morgan fingerprint density at radius 2 is 2.05 bits per heavy atom. The molecule has 0 aliphatic carbocycles. The van der Waals surface area contributed by atoms with Gasteiger partial charge in [0.1, 0.15) is 12.2 Å². The first-order valence-electron chi connectivity index (χ1n) is 6.35. The molecule has 0 spiro atoms. The molecule has 0 aliphatic rings. The maximum absolute atomic E-state index is 12.6. The molecule has 0 fully saturated rings. The molecule has 5 nitrogen and oxygen atoms in total. The first-order chi connectivity index (χ1) is 9.27. The zero-order valence-electron chi connectivity index (χ0n) is 12.1. The van der Waals surface area contributed by atoms with Crippen LogP contribution in [0, 0.1) is 0 Å². The van der Waals surface area contributed by atoms with Crippen molar-refractivity contribution in [2.75, 3.05) is 13.2 Å². The number of pyridine rings is 1. The van der Waals surface area contributed by atoms with Crippen LogP contribution in [0.1, 0.15) is 38.2 Å². The molecule has 0 aromatic carbocycles. The van der Waals surface area contributed by atoms with E-state index in [1.807, 2.05) is 20.8 Å². The van der Waals surface area contributed by atoms with Crippen LogP contribution in [0.15, 0.2) is 22.8 Å². The van der Waals surface area contributed by atoms with Crippen molar-refractivity contribution in [3.63, 3.8) is 0 Å². The molecule has 0 bridgehead atoms. The molecule has 0 atom stereocenters. The SMILES string of the molecule is CCOC(=O)CN(C(=O)c1ncccc1Br)C(C)(C)C. The second kappa shape index (κ2) is 6.83. The summed E-state index contributed by atoms with van der Waals surface area (Å²) in [5.41, 5.74) is -0.229. The molecule has 0 unspecified atom stereocenters. The molecule has 0 aliphatic heterocycles. The van der Waals surface area contributed by atoms with Gasteiger partial charge in [-0.25, -0.2) is 4.98 Å². The van der Waals surface area contributed by atoms with Crippen molar-refractivity contribution in [3.05, 3.63) is 28.5 Å². The summed E-state index contributed by atoms with van der Waals surface area (Å²) >= 11 is 3.30. The summed E-state index contributed by atoms with van der Waals surface area (Å²) in [5.74, 6) is -0.735. The van der Waals surface area contributed by atoms with Crippen LogP contribution in [0.25, 0.3) is 0 Å². The van der Waals surface area contributed by atoms with Crippen LogP contribution >= 0.6 is 15.9 Å². The Morgan fingerprint density at radius 3 is 2.55 bits per heavy atom. The van der Waals surface area contributed by atoms with E-state index in [4.69, 9.17) is 4.74 Å². The van der Waals surface area contributed by atoms with E-state index in [9.17, 15) is 9.59 Å². The lowest BCUT2D eigenvalue weighted by atomic mass is 10.1. The number of carbonyl (C=O) groups is 2. The Morgan fingerprint density at radius 1 is 1.40 bits per heavy atom. The molecule has 1 rings (SSSR count). The molecule has 6 heteroatoms. The third kappa shape index (κ3) is 4.30. The minimum atomic E-state index is -0.513. The Bertz CT molecular complexity index is 497. The lowest BCUT2D eigenvalue weighted by molar-refractivity contribution is -0.144. The van der Waals surface area contributed by atoms with Gasteiger partial charge in [0.25, 0.3) is 5.91 Å². The van der Waals surface area contributed by atoms with Crippen LogP contribution in [0.2, 0.25) is 0 Å². The number of carbonyl (C=O) groups excluding carboxylic acids is 2. The van der Waals surface area contributed by atoms with E-state index >= 15 is 0 Å². The molecular formula is C14H19BrN2O3. The fourth-order valence-electron chi connectivity index (χ4n) is 1.62. The van der Waals surface area contributed by atoms with Crippen molar-refractivity contribution in [2.24, 2.45) is 0 Å². The van der Waals surface area contributed by atoms with Crippen molar-refractivity contribution < 1.29 is 14.3 Å². The van der Waals surface area contributed by atoms with Gasteiger partial charge in [-0.3, -0.25) is 9.59 Å². The maximum Gasteiger partial charge on any atom is 0.325 e. The zero-order valence-corrected chi connectivity index (χ0v) is 13.7. The predicted octanol–water partition coefficient (Wildman–Crippen LogP) is 2.65. The molecular weight excluding hydrogens is 324 g/mol. The first kappa shape index (κ1) is 16.6. The van der Waals surface area contributed by atoms with E-state index in [-0.39, 0.29) is 24.8 Å². The van der Waals surface area contributed by atoms with Gasteiger partial charge in [0, 0.05) is 16.2 Å². The smallest absolute Gasteiger partial charge is 0.325 e. The molecule has 1 heterocycles. The third-order valence-electron chi connectivity index (χ3n) is 2.61. The number of aromatic nitrogens is 1. The number of halogens is 1. The summed E-state index contributed by atoms with van der Waals surface area (Å²) < 4.78 is 5.52. The van der Waals surface area contributed by atoms with Gasteiger partial charge < -0.3 is 9.64 Å². The summed E-state index contributed by atoms with van der Waals surface area (Å²) in [6, 6.07) is 3.47. The van der Waals surface area contributed by atoms with Crippen molar-refractivity contribution in [1.29, 1.82) is 0 Å². The third-order valence-corrected chi connectivity index (χ3v) is 3.25. The summed E-state index contributed by atoms with van der Waals surface area (Å²) in [6.07, 6.45) is 1.54. The summed E-state index contributed by atoms with van der Waals surface area (Å²) in [5, 5.41) is 0.